The summed E-state index contributed by atoms with van der Waals surface area (Å²) in [6.07, 6.45) is 13.8. The Balaban J connectivity index is 4.04. The van der Waals surface area contributed by atoms with Crippen LogP contribution >= 0.6 is 0 Å². The van der Waals surface area contributed by atoms with Gasteiger partial charge in [0, 0.05) is 0 Å². The van der Waals surface area contributed by atoms with E-state index in [1.807, 2.05) is 6.92 Å². The Labute approximate surface area is 138 Å². The van der Waals surface area contributed by atoms with Crippen molar-refractivity contribution >= 4 is 0 Å². The number of rotatable bonds is 10. The standard InChI is InChI=1S/C21H36O/c1-17(2)10-7-11-18(3)12-8-13-19(4)14-9-15-20(5)21(6)16-22/h10,12,14,22H,7-9,11,13,15-16H2,1-6H3/b18-12+,19-14+,21-20+. The van der Waals surface area contributed by atoms with Crippen molar-refractivity contribution in [2.45, 2.75) is 80.1 Å². The van der Waals surface area contributed by atoms with Crippen LogP contribution < -0.4 is 0 Å². The van der Waals surface area contributed by atoms with E-state index in [9.17, 15) is 0 Å². The summed E-state index contributed by atoms with van der Waals surface area (Å²) in [5.41, 5.74) is 6.82. The van der Waals surface area contributed by atoms with Crippen molar-refractivity contribution in [3.63, 3.8) is 0 Å². The minimum Gasteiger partial charge on any atom is -0.392 e. The molecule has 0 aromatic heterocycles. The summed E-state index contributed by atoms with van der Waals surface area (Å²) in [7, 11) is 0. The lowest BCUT2D eigenvalue weighted by atomic mass is 10.0. The van der Waals surface area contributed by atoms with Gasteiger partial charge in [0.25, 0.3) is 0 Å². The van der Waals surface area contributed by atoms with E-state index in [2.05, 4.69) is 52.8 Å². The fourth-order valence-electron chi connectivity index (χ4n) is 2.22. The molecular weight excluding hydrogens is 268 g/mol. The van der Waals surface area contributed by atoms with Gasteiger partial charge in [0.1, 0.15) is 0 Å². The maximum Gasteiger partial charge on any atom is 0.0641 e. The summed E-state index contributed by atoms with van der Waals surface area (Å²) >= 11 is 0. The lowest BCUT2D eigenvalue weighted by Crippen LogP contribution is -1.90. The fourth-order valence-corrected chi connectivity index (χ4v) is 2.22. The largest absolute Gasteiger partial charge is 0.392 e. The number of hydrogen-bond donors (Lipinski definition) is 1. The minimum absolute atomic E-state index is 0.186. The van der Waals surface area contributed by atoms with Crippen LogP contribution in [-0.4, -0.2) is 11.7 Å². The van der Waals surface area contributed by atoms with Gasteiger partial charge in [-0.25, -0.2) is 0 Å². The third-order valence-electron chi connectivity index (χ3n) is 4.10. The average molecular weight is 305 g/mol. The van der Waals surface area contributed by atoms with Crippen LogP contribution in [0.2, 0.25) is 0 Å². The molecule has 22 heavy (non-hydrogen) atoms. The zero-order valence-electron chi connectivity index (χ0n) is 15.6. The minimum atomic E-state index is 0.186. The van der Waals surface area contributed by atoms with Crippen LogP contribution in [0.25, 0.3) is 0 Å². The van der Waals surface area contributed by atoms with Crippen molar-refractivity contribution < 1.29 is 5.11 Å². The lowest BCUT2D eigenvalue weighted by molar-refractivity contribution is 0.329. The van der Waals surface area contributed by atoms with Crippen LogP contribution in [-0.2, 0) is 0 Å². The molecule has 126 valence electrons. The highest BCUT2D eigenvalue weighted by Crippen LogP contribution is 2.14. The number of aliphatic hydroxyl groups excluding tert-OH is 1. The molecule has 0 bridgehead atoms. The van der Waals surface area contributed by atoms with E-state index in [0.29, 0.717) is 0 Å². The number of hydrogen-bond acceptors (Lipinski definition) is 1. The van der Waals surface area contributed by atoms with Crippen molar-refractivity contribution in [3.8, 4) is 0 Å². The van der Waals surface area contributed by atoms with Crippen molar-refractivity contribution in [2.75, 3.05) is 6.61 Å². The molecule has 1 heteroatoms. The Morgan fingerprint density at radius 3 is 1.55 bits per heavy atom. The first-order valence-electron chi connectivity index (χ1n) is 8.57. The third kappa shape index (κ3) is 11.6. The van der Waals surface area contributed by atoms with Gasteiger partial charge in [0.05, 0.1) is 6.61 Å². The van der Waals surface area contributed by atoms with E-state index >= 15 is 0 Å². The predicted molar refractivity (Wildman–Crippen MR) is 100 cm³/mol. The SMILES string of the molecule is CC(C)=CCC/C(C)=C/CC/C(C)=C/CC/C(C)=C(\C)CO. The van der Waals surface area contributed by atoms with Crippen LogP contribution in [0.4, 0.5) is 0 Å². The lowest BCUT2D eigenvalue weighted by Gasteiger charge is -2.04. The number of aliphatic hydroxyl groups is 1. The van der Waals surface area contributed by atoms with E-state index < -0.39 is 0 Å². The molecule has 0 saturated heterocycles. The summed E-state index contributed by atoms with van der Waals surface area (Å²) in [6, 6.07) is 0. The molecule has 0 aliphatic rings. The maximum atomic E-state index is 9.09. The topological polar surface area (TPSA) is 20.2 Å². The zero-order valence-corrected chi connectivity index (χ0v) is 15.6. The summed E-state index contributed by atoms with van der Waals surface area (Å²) in [5.74, 6) is 0. The maximum absolute atomic E-state index is 9.09. The van der Waals surface area contributed by atoms with E-state index in [1.165, 1.54) is 28.7 Å². The first kappa shape index (κ1) is 20.9. The second-order valence-corrected chi connectivity index (χ2v) is 6.72. The molecule has 0 aliphatic heterocycles. The van der Waals surface area contributed by atoms with Crippen LogP contribution in [0, 0.1) is 0 Å². The second-order valence-electron chi connectivity index (χ2n) is 6.72. The quantitative estimate of drug-likeness (QED) is 0.456. The average Bonchev–Trinajstić information content (AvgIpc) is 2.45. The van der Waals surface area contributed by atoms with Gasteiger partial charge < -0.3 is 5.11 Å². The van der Waals surface area contributed by atoms with Crippen molar-refractivity contribution in [2.24, 2.45) is 0 Å². The molecule has 0 unspecified atom stereocenters. The molecule has 0 aliphatic carbocycles. The molecule has 0 spiro atoms. The van der Waals surface area contributed by atoms with Gasteiger partial charge in [-0.15, -0.1) is 0 Å². The second kappa shape index (κ2) is 12.5. The smallest absolute Gasteiger partial charge is 0.0641 e. The summed E-state index contributed by atoms with van der Waals surface area (Å²) in [6.45, 7) is 13.1. The highest BCUT2D eigenvalue weighted by molar-refractivity contribution is 5.11. The Kier molecular flexibility index (Phi) is 11.9. The molecule has 0 atom stereocenters. The Bertz CT molecular complexity index is 429. The van der Waals surface area contributed by atoms with Crippen LogP contribution in [0.15, 0.2) is 46.1 Å². The molecule has 0 aromatic carbocycles. The van der Waals surface area contributed by atoms with E-state index in [-0.39, 0.29) is 6.61 Å². The molecule has 0 rings (SSSR count). The molecule has 1 nitrogen and oxygen atoms in total. The highest BCUT2D eigenvalue weighted by atomic mass is 16.3. The van der Waals surface area contributed by atoms with Crippen molar-refractivity contribution in [1.29, 1.82) is 0 Å². The molecular formula is C21H36O. The zero-order chi connectivity index (χ0) is 17.0. The van der Waals surface area contributed by atoms with Gasteiger partial charge in [0.15, 0.2) is 0 Å². The van der Waals surface area contributed by atoms with Gasteiger partial charge in [0.2, 0.25) is 0 Å². The molecule has 0 saturated carbocycles. The fraction of sp³-hybridized carbons (Fsp3) is 0.619. The molecule has 0 radical (unpaired) electrons. The van der Waals surface area contributed by atoms with Crippen molar-refractivity contribution in [1.82, 2.24) is 0 Å². The Morgan fingerprint density at radius 2 is 1.09 bits per heavy atom. The van der Waals surface area contributed by atoms with Gasteiger partial charge in [-0.2, -0.15) is 0 Å². The molecule has 0 fully saturated rings. The monoisotopic (exact) mass is 304 g/mol. The third-order valence-corrected chi connectivity index (χ3v) is 4.10. The van der Waals surface area contributed by atoms with E-state index in [4.69, 9.17) is 5.11 Å². The predicted octanol–water partition coefficient (Wildman–Crippen LogP) is 6.51. The van der Waals surface area contributed by atoms with Gasteiger partial charge in [-0.1, -0.05) is 40.5 Å². The molecule has 0 heterocycles. The van der Waals surface area contributed by atoms with E-state index in [0.717, 1.165) is 37.7 Å². The highest BCUT2D eigenvalue weighted by Gasteiger charge is 1.96. The van der Waals surface area contributed by atoms with Gasteiger partial charge in [-0.3, -0.25) is 0 Å². The summed E-state index contributed by atoms with van der Waals surface area (Å²) < 4.78 is 0. The Hall–Kier alpha value is -1.08. The van der Waals surface area contributed by atoms with Crippen LogP contribution in [0.3, 0.4) is 0 Å². The van der Waals surface area contributed by atoms with Crippen LogP contribution in [0.5, 0.6) is 0 Å². The summed E-state index contributed by atoms with van der Waals surface area (Å²) in [4.78, 5) is 0. The summed E-state index contributed by atoms with van der Waals surface area (Å²) in [5, 5.41) is 9.09. The molecule has 0 amide bonds. The van der Waals surface area contributed by atoms with Crippen LogP contribution in [0.1, 0.15) is 80.1 Å². The Morgan fingerprint density at radius 1 is 0.636 bits per heavy atom. The molecule has 0 aromatic rings. The normalized spacial score (nSPS) is 14.0. The first-order valence-corrected chi connectivity index (χ1v) is 8.57. The van der Waals surface area contributed by atoms with Crippen molar-refractivity contribution in [3.05, 3.63) is 46.1 Å². The van der Waals surface area contributed by atoms with Gasteiger partial charge in [-0.05, 0) is 85.6 Å². The first-order chi connectivity index (χ1) is 10.4. The molecule has 1 N–H and O–H groups in total. The van der Waals surface area contributed by atoms with E-state index in [1.54, 1.807) is 0 Å². The number of allylic oxidation sites excluding steroid dienone is 7. The van der Waals surface area contributed by atoms with Gasteiger partial charge >= 0.3 is 0 Å².